The molecule has 33 heavy (non-hydrogen) atoms. The van der Waals surface area contributed by atoms with E-state index in [1.165, 1.54) is 0 Å². The first-order valence-electron chi connectivity index (χ1n) is 11.4. The molecule has 0 radical (unpaired) electrons. The van der Waals surface area contributed by atoms with E-state index in [2.05, 4.69) is 10.2 Å². The van der Waals surface area contributed by atoms with Crippen molar-refractivity contribution in [1.29, 1.82) is 0 Å². The van der Waals surface area contributed by atoms with Crippen molar-refractivity contribution >= 4 is 44.5 Å². The van der Waals surface area contributed by atoms with E-state index in [9.17, 15) is 18.0 Å². The first-order chi connectivity index (χ1) is 15.8. The number of benzene rings is 1. The first kappa shape index (κ1) is 23.7. The highest BCUT2D eigenvalue weighted by Crippen LogP contribution is 2.31. The monoisotopic (exact) mass is 490 g/mol. The van der Waals surface area contributed by atoms with E-state index in [-0.39, 0.29) is 24.2 Å². The van der Waals surface area contributed by atoms with Crippen LogP contribution in [0.1, 0.15) is 37.0 Å². The van der Waals surface area contributed by atoms with Crippen LogP contribution in [-0.2, 0) is 26.0 Å². The molecule has 0 unspecified atom stereocenters. The third-order valence-corrected chi connectivity index (χ3v) is 9.75. The van der Waals surface area contributed by atoms with Crippen LogP contribution in [0, 0.1) is 5.92 Å². The molecular weight excluding hydrogens is 460 g/mol. The van der Waals surface area contributed by atoms with Gasteiger partial charge in [-0.15, -0.1) is 11.3 Å². The van der Waals surface area contributed by atoms with Crippen LogP contribution >= 0.6 is 11.3 Å². The van der Waals surface area contributed by atoms with Crippen LogP contribution in [0.25, 0.3) is 0 Å². The molecule has 10 heteroatoms. The summed E-state index contributed by atoms with van der Waals surface area (Å²) in [5.74, 6) is -0.552. The Morgan fingerprint density at radius 2 is 1.70 bits per heavy atom. The predicted molar refractivity (Wildman–Crippen MR) is 130 cm³/mol. The topological polar surface area (TPSA) is 113 Å². The zero-order valence-corrected chi connectivity index (χ0v) is 20.2. The smallest absolute Gasteiger partial charge is 0.252 e. The average molecular weight is 491 g/mol. The standard InChI is InChI=1S/C23H30N4O4S2/c24-23(29)17-10-14-26(15-11-17)20-7-3-2-6-19(20)25-21(28)16-18-8-9-22(32-18)33(30,31)27-12-4-1-5-13-27/h2-3,6-9,17H,1,4-5,10-16H2,(H2,24,29)(H,25,28). The van der Waals surface area contributed by atoms with Crippen LogP contribution in [0.15, 0.2) is 40.6 Å². The van der Waals surface area contributed by atoms with Crippen molar-refractivity contribution in [2.45, 2.75) is 42.7 Å². The summed E-state index contributed by atoms with van der Waals surface area (Å²) in [6.45, 7) is 2.51. The number of sulfonamides is 1. The van der Waals surface area contributed by atoms with Crippen LogP contribution in [-0.4, -0.2) is 50.7 Å². The van der Waals surface area contributed by atoms with Crippen LogP contribution in [0.5, 0.6) is 0 Å². The summed E-state index contributed by atoms with van der Waals surface area (Å²) in [5, 5.41) is 2.98. The van der Waals surface area contributed by atoms with Crippen molar-refractivity contribution in [2.75, 3.05) is 36.4 Å². The Balaban J connectivity index is 1.40. The summed E-state index contributed by atoms with van der Waals surface area (Å²) in [5.41, 5.74) is 7.05. The molecule has 2 aliphatic rings. The van der Waals surface area contributed by atoms with E-state index in [1.54, 1.807) is 16.4 Å². The van der Waals surface area contributed by atoms with Crippen LogP contribution in [0.2, 0.25) is 0 Å². The van der Waals surface area contributed by atoms with Gasteiger partial charge in [0.15, 0.2) is 0 Å². The van der Waals surface area contributed by atoms with Gasteiger partial charge in [-0.1, -0.05) is 18.6 Å². The number of amides is 2. The quantitative estimate of drug-likeness (QED) is 0.620. The fourth-order valence-corrected chi connectivity index (χ4v) is 7.46. The lowest BCUT2D eigenvalue weighted by atomic mass is 9.96. The fourth-order valence-electron chi connectivity index (χ4n) is 4.44. The molecule has 1 aromatic heterocycles. The van der Waals surface area contributed by atoms with Crippen molar-refractivity contribution in [3.63, 3.8) is 0 Å². The molecule has 8 nitrogen and oxygen atoms in total. The second-order valence-corrected chi connectivity index (χ2v) is 11.9. The molecule has 4 rings (SSSR count). The van der Waals surface area contributed by atoms with Gasteiger partial charge >= 0.3 is 0 Å². The Labute approximate surface area is 198 Å². The number of piperidine rings is 2. The van der Waals surface area contributed by atoms with Gasteiger partial charge in [0.25, 0.3) is 10.0 Å². The maximum absolute atomic E-state index is 12.9. The zero-order chi connectivity index (χ0) is 23.4. The number of rotatable bonds is 7. The van der Waals surface area contributed by atoms with Crippen LogP contribution in [0.4, 0.5) is 11.4 Å². The van der Waals surface area contributed by atoms with Crippen molar-refractivity contribution in [2.24, 2.45) is 11.7 Å². The second kappa shape index (κ2) is 10.2. The van der Waals surface area contributed by atoms with E-state index in [0.717, 1.165) is 36.3 Å². The van der Waals surface area contributed by atoms with Gasteiger partial charge in [0, 0.05) is 37.0 Å². The molecule has 2 amide bonds. The van der Waals surface area contributed by atoms with Gasteiger partial charge in [-0.2, -0.15) is 4.31 Å². The van der Waals surface area contributed by atoms with E-state index in [0.29, 0.717) is 53.8 Å². The number of carbonyl (C=O) groups is 2. The van der Waals surface area contributed by atoms with Gasteiger partial charge in [0.2, 0.25) is 11.8 Å². The van der Waals surface area contributed by atoms with E-state index >= 15 is 0 Å². The number of nitrogens with zero attached hydrogens (tertiary/aromatic N) is 2. The third kappa shape index (κ3) is 5.56. The van der Waals surface area contributed by atoms with Gasteiger partial charge in [0.05, 0.1) is 17.8 Å². The average Bonchev–Trinajstić information content (AvgIpc) is 3.29. The van der Waals surface area contributed by atoms with Gasteiger partial charge in [-0.3, -0.25) is 9.59 Å². The molecule has 0 bridgehead atoms. The lowest BCUT2D eigenvalue weighted by Crippen LogP contribution is -2.38. The summed E-state index contributed by atoms with van der Waals surface area (Å²) in [6.07, 6.45) is 4.34. The number of anilines is 2. The summed E-state index contributed by atoms with van der Waals surface area (Å²) < 4.78 is 27.6. The highest BCUT2D eigenvalue weighted by Gasteiger charge is 2.28. The number of carbonyl (C=O) groups excluding carboxylic acids is 2. The normalized spacial score (nSPS) is 18.2. The number of para-hydroxylation sites is 2. The number of hydrogen-bond acceptors (Lipinski definition) is 6. The summed E-state index contributed by atoms with van der Waals surface area (Å²) in [4.78, 5) is 27.1. The molecule has 2 aromatic rings. The Morgan fingerprint density at radius 1 is 1.00 bits per heavy atom. The molecular formula is C23H30N4O4S2. The van der Waals surface area contributed by atoms with E-state index in [1.807, 2.05) is 24.3 Å². The van der Waals surface area contributed by atoms with Gasteiger partial charge < -0.3 is 16.0 Å². The SMILES string of the molecule is NC(=O)C1CCN(c2ccccc2NC(=O)Cc2ccc(S(=O)(=O)N3CCCCC3)s2)CC1. The minimum atomic E-state index is -3.49. The highest BCUT2D eigenvalue weighted by atomic mass is 32.2. The third-order valence-electron chi connectivity index (χ3n) is 6.30. The Morgan fingerprint density at radius 3 is 2.39 bits per heavy atom. The van der Waals surface area contributed by atoms with Crippen molar-refractivity contribution in [1.82, 2.24) is 4.31 Å². The molecule has 2 saturated heterocycles. The number of nitrogens with two attached hydrogens (primary N) is 1. The molecule has 0 aliphatic carbocycles. The van der Waals surface area contributed by atoms with Crippen molar-refractivity contribution in [3.8, 4) is 0 Å². The highest BCUT2D eigenvalue weighted by molar-refractivity contribution is 7.91. The van der Waals surface area contributed by atoms with E-state index in [4.69, 9.17) is 5.73 Å². The van der Waals surface area contributed by atoms with Gasteiger partial charge in [0.1, 0.15) is 4.21 Å². The first-order valence-corrected chi connectivity index (χ1v) is 13.6. The Kier molecular flexibility index (Phi) is 7.35. The number of nitrogens with one attached hydrogen (secondary N) is 1. The number of hydrogen-bond donors (Lipinski definition) is 2. The van der Waals surface area contributed by atoms with Crippen LogP contribution < -0.4 is 16.0 Å². The summed E-state index contributed by atoms with van der Waals surface area (Å²) in [7, 11) is -3.49. The molecule has 0 saturated carbocycles. The summed E-state index contributed by atoms with van der Waals surface area (Å²) >= 11 is 1.16. The molecule has 178 valence electrons. The molecule has 2 aliphatic heterocycles. The zero-order valence-electron chi connectivity index (χ0n) is 18.5. The Hall–Kier alpha value is -2.43. The fraction of sp³-hybridized carbons (Fsp3) is 0.478. The van der Waals surface area contributed by atoms with Gasteiger partial charge in [-0.25, -0.2) is 8.42 Å². The lowest BCUT2D eigenvalue weighted by Gasteiger charge is -2.33. The molecule has 3 heterocycles. The maximum atomic E-state index is 12.9. The molecule has 1 aromatic carbocycles. The maximum Gasteiger partial charge on any atom is 0.252 e. The van der Waals surface area contributed by atoms with Crippen molar-refractivity contribution < 1.29 is 18.0 Å². The van der Waals surface area contributed by atoms with Crippen molar-refractivity contribution in [3.05, 3.63) is 41.3 Å². The largest absolute Gasteiger partial charge is 0.370 e. The number of primary amides is 1. The van der Waals surface area contributed by atoms with Crippen LogP contribution in [0.3, 0.4) is 0 Å². The Bertz CT molecular complexity index is 1100. The minimum absolute atomic E-state index is 0.0998. The molecule has 3 N–H and O–H groups in total. The predicted octanol–water partition coefficient (Wildman–Crippen LogP) is 2.81. The van der Waals surface area contributed by atoms with E-state index < -0.39 is 10.0 Å². The van der Waals surface area contributed by atoms with Gasteiger partial charge in [-0.05, 0) is 49.9 Å². The molecule has 0 spiro atoms. The minimum Gasteiger partial charge on any atom is -0.370 e. The molecule has 2 fully saturated rings. The lowest BCUT2D eigenvalue weighted by molar-refractivity contribution is -0.122. The number of thiophene rings is 1. The second-order valence-electron chi connectivity index (χ2n) is 8.59. The molecule has 0 atom stereocenters. The summed E-state index contributed by atoms with van der Waals surface area (Å²) in [6, 6.07) is 10.9.